The van der Waals surface area contributed by atoms with Gasteiger partial charge in [0.1, 0.15) is 0 Å². The lowest BCUT2D eigenvalue weighted by Crippen LogP contribution is -2.36. The molecule has 1 rings (SSSR count). The van der Waals surface area contributed by atoms with Crippen LogP contribution in [0.15, 0.2) is 18.2 Å². The number of sulfonamides is 1. The molecule has 0 bridgehead atoms. The van der Waals surface area contributed by atoms with Crippen LogP contribution >= 0.6 is 0 Å². The Labute approximate surface area is 143 Å². The summed E-state index contributed by atoms with van der Waals surface area (Å²) in [5.41, 5.74) is 0.786. The first kappa shape index (κ1) is 20.2. The molecule has 0 spiro atoms. The van der Waals surface area contributed by atoms with Gasteiger partial charge in [0.15, 0.2) is 11.5 Å². The number of ether oxygens (including phenoxy) is 2. The van der Waals surface area contributed by atoms with Crippen molar-refractivity contribution in [2.24, 2.45) is 0 Å². The molecule has 0 radical (unpaired) electrons. The molecule has 2 N–H and O–H groups in total. The third-order valence-electron chi connectivity index (χ3n) is 3.35. The zero-order valence-corrected chi connectivity index (χ0v) is 15.2. The fraction of sp³-hybridized carbons (Fsp3) is 0.562. The molecule has 0 aliphatic carbocycles. The Morgan fingerprint density at radius 1 is 1.12 bits per heavy atom. The van der Waals surface area contributed by atoms with Crippen molar-refractivity contribution < 1.29 is 22.7 Å². The quantitative estimate of drug-likeness (QED) is 0.578. The maximum atomic E-state index is 11.9. The van der Waals surface area contributed by atoms with Gasteiger partial charge in [0.25, 0.3) is 0 Å². The first-order valence-corrected chi connectivity index (χ1v) is 9.52. The number of amides is 1. The van der Waals surface area contributed by atoms with E-state index in [1.807, 2.05) is 6.92 Å². The highest BCUT2D eigenvalue weighted by Gasteiger charge is 2.10. The second kappa shape index (κ2) is 10.1. The minimum absolute atomic E-state index is 0.114. The molecule has 0 aliphatic rings. The number of hydrogen-bond acceptors (Lipinski definition) is 5. The smallest absolute Gasteiger partial charge is 0.224 e. The Morgan fingerprint density at radius 2 is 1.83 bits per heavy atom. The Morgan fingerprint density at radius 3 is 2.46 bits per heavy atom. The van der Waals surface area contributed by atoms with Crippen LogP contribution < -0.4 is 19.5 Å². The fourth-order valence-corrected chi connectivity index (χ4v) is 3.28. The number of carbonyl (C=O) groups is 1. The zero-order chi connectivity index (χ0) is 18.0. The first-order chi connectivity index (χ1) is 11.4. The zero-order valence-electron chi connectivity index (χ0n) is 14.4. The van der Waals surface area contributed by atoms with E-state index < -0.39 is 10.0 Å². The number of carbonyl (C=O) groups excluding carboxylic acids is 1. The molecule has 0 aromatic heterocycles. The molecule has 0 atom stereocenters. The second-order valence-corrected chi connectivity index (χ2v) is 7.21. The van der Waals surface area contributed by atoms with Gasteiger partial charge < -0.3 is 14.8 Å². The Balaban J connectivity index is 2.39. The van der Waals surface area contributed by atoms with Crippen molar-refractivity contribution >= 4 is 15.9 Å². The van der Waals surface area contributed by atoms with Crippen LogP contribution in [0.4, 0.5) is 0 Å². The van der Waals surface area contributed by atoms with Gasteiger partial charge >= 0.3 is 0 Å². The molecule has 1 aromatic rings. The number of hydrogen-bond donors (Lipinski definition) is 2. The summed E-state index contributed by atoms with van der Waals surface area (Å²) in [4.78, 5) is 11.9. The SMILES string of the molecule is CCCCS(=O)(=O)NCCNC(=O)Cc1ccc(OC)c(OC)c1. The van der Waals surface area contributed by atoms with Crippen LogP contribution in [-0.4, -0.2) is 47.4 Å². The molecule has 0 heterocycles. The van der Waals surface area contributed by atoms with Crippen LogP contribution in [0.1, 0.15) is 25.3 Å². The molecular weight excluding hydrogens is 332 g/mol. The van der Waals surface area contributed by atoms with Crippen molar-refractivity contribution in [1.82, 2.24) is 10.0 Å². The summed E-state index contributed by atoms with van der Waals surface area (Å²) in [7, 11) is -0.167. The van der Waals surface area contributed by atoms with E-state index >= 15 is 0 Å². The first-order valence-electron chi connectivity index (χ1n) is 7.86. The van der Waals surface area contributed by atoms with Crippen molar-refractivity contribution in [1.29, 1.82) is 0 Å². The van der Waals surface area contributed by atoms with Crippen molar-refractivity contribution in [3.8, 4) is 11.5 Å². The van der Waals surface area contributed by atoms with Crippen LogP contribution in [0, 0.1) is 0 Å². The number of benzene rings is 1. The van der Waals surface area contributed by atoms with Crippen LogP contribution in [-0.2, 0) is 21.2 Å². The summed E-state index contributed by atoms with van der Waals surface area (Å²) >= 11 is 0. The van der Waals surface area contributed by atoms with E-state index in [2.05, 4.69) is 10.0 Å². The molecule has 24 heavy (non-hydrogen) atoms. The van der Waals surface area contributed by atoms with E-state index in [0.29, 0.717) is 17.9 Å². The van der Waals surface area contributed by atoms with E-state index in [1.54, 1.807) is 25.3 Å². The largest absolute Gasteiger partial charge is 0.493 e. The van der Waals surface area contributed by atoms with E-state index in [0.717, 1.165) is 12.0 Å². The molecule has 8 heteroatoms. The van der Waals surface area contributed by atoms with Crippen LogP contribution in [0.25, 0.3) is 0 Å². The van der Waals surface area contributed by atoms with Gasteiger partial charge in [-0.2, -0.15) is 0 Å². The molecule has 136 valence electrons. The standard InChI is InChI=1S/C16H26N2O5S/c1-4-5-10-24(20,21)18-9-8-17-16(19)12-13-6-7-14(22-2)15(11-13)23-3/h6-7,11,18H,4-5,8-10,12H2,1-3H3,(H,17,19). The number of unbranched alkanes of at least 4 members (excludes halogenated alkanes) is 1. The van der Waals surface area contributed by atoms with Crippen molar-refractivity contribution in [2.75, 3.05) is 33.1 Å². The molecule has 0 aliphatic heterocycles. The van der Waals surface area contributed by atoms with E-state index in [9.17, 15) is 13.2 Å². The monoisotopic (exact) mass is 358 g/mol. The van der Waals surface area contributed by atoms with Crippen LogP contribution in [0.2, 0.25) is 0 Å². The van der Waals surface area contributed by atoms with Gasteiger partial charge in [-0.3, -0.25) is 4.79 Å². The van der Waals surface area contributed by atoms with Crippen LogP contribution in [0.3, 0.4) is 0 Å². The molecule has 0 fully saturated rings. The topological polar surface area (TPSA) is 93.7 Å². The van der Waals surface area contributed by atoms with Gasteiger partial charge in [-0.1, -0.05) is 19.4 Å². The molecule has 0 unspecified atom stereocenters. The van der Waals surface area contributed by atoms with Crippen LogP contribution in [0.5, 0.6) is 11.5 Å². The molecular formula is C16H26N2O5S. The summed E-state index contributed by atoms with van der Waals surface area (Å²) in [6.45, 7) is 2.37. The Kier molecular flexibility index (Phi) is 8.56. The normalized spacial score (nSPS) is 11.1. The van der Waals surface area contributed by atoms with Crippen molar-refractivity contribution in [2.45, 2.75) is 26.2 Å². The number of nitrogens with one attached hydrogen (secondary N) is 2. The maximum Gasteiger partial charge on any atom is 0.224 e. The number of rotatable bonds is 11. The van der Waals surface area contributed by atoms with Gasteiger partial charge in [0, 0.05) is 13.1 Å². The van der Waals surface area contributed by atoms with Gasteiger partial charge in [-0.05, 0) is 24.1 Å². The van der Waals surface area contributed by atoms with Crippen molar-refractivity contribution in [3.05, 3.63) is 23.8 Å². The minimum Gasteiger partial charge on any atom is -0.493 e. The van der Waals surface area contributed by atoms with E-state index in [1.165, 1.54) is 7.11 Å². The highest BCUT2D eigenvalue weighted by molar-refractivity contribution is 7.89. The summed E-state index contributed by atoms with van der Waals surface area (Å²) in [6.07, 6.45) is 1.63. The summed E-state index contributed by atoms with van der Waals surface area (Å²) < 4.78 is 36.0. The molecule has 7 nitrogen and oxygen atoms in total. The molecule has 0 saturated heterocycles. The van der Waals surface area contributed by atoms with Gasteiger partial charge in [-0.25, -0.2) is 13.1 Å². The fourth-order valence-electron chi connectivity index (χ4n) is 2.05. The average molecular weight is 358 g/mol. The summed E-state index contributed by atoms with van der Waals surface area (Å²) in [5.74, 6) is 1.09. The van der Waals surface area contributed by atoms with Gasteiger partial charge in [-0.15, -0.1) is 0 Å². The summed E-state index contributed by atoms with van der Waals surface area (Å²) in [5, 5.41) is 2.69. The predicted octanol–water partition coefficient (Wildman–Crippen LogP) is 1.08. The van der Waals surface area contributed by atoms with E-state index in [-0.39, 0.29) is 31.2 Å². The van der Waals surface area contributed by atoms with Gasteiger partial charge in [0.05, 0.1) is 26.4 Å². The lowest BCUT2D eigenvalue weighted by molar-refractivity contribution is -0.120. The third kappa shape index (κ3) is 7.18. The lowest BCUT2D eigenvalue weighted by atomic mass is 10.1. The minimum atomic E-state index is -3.25. The Hall–Kier alpha value is -1.80. The number of methoxy groups -OCH3 is 2. The molecule has 1 aromatic carbocycles. The summed E-state index contributed by atoms with van der Waals surface area (Å²) in [6, 6.07) is 5.27. The average Bonchev–Trinajstić information content (AvgIpc) is 2.57. The lowest BCUT2D eigenvalue weighted by Gasteiger charge is -2.10. The Bertz CT molecular complexity index is 631. The molecule has 1 amide bonds. The molecule has 0 saturated carbocycles. The highest BCUT2D eigenvalue weighted by Crippen LogP contribution is 2.27. The maximum absolute atomic E-state index is 11.9. The highest BCUT2D eigenvalue weighted by atomic mass is 32.2. The van der Waals surface area contributed by atoms with Gasteiger partial charge in [0.2, 0.25) is 15.9 Å². The second-order valence-electron chi connectivity index (χ2n) is 5.28. The van der Waals surface area contributed by atoms with E-state index in [4.69, 9.17) is 9.47 Å². The third-order valence-corrected chi connectivity index (χ3v) is 4.82. The van der Waals surface area contributed by atoms with Crippen molar-refractivity contribution in [3.63, 3.8) is 0 Å². The predicted molar refractivity (Wildman–Crippen MR) is 93.0 cm³/mol.